The highest BCUT2D eigenvalue weighted by Gasteiger charge is 2.16. The molecule has 0 atom stereocenters. The average Bonchev–Trinajstić information content (AvgIpc) is 2.38. The quantitative estimate of drug-likeness (QED) is 0.532. The van der Waals surface area contributed by atoms with Crippen LogP contribution in [0, 0.1) is 18.3 Å². The molecule has 1 aliphatic rings. The number of hydrogen-bond donors (Lipinski definition) is 1. The SMILES string of the molecule is C#CC1CCN(CCCCCCCC(=O)O)CC1. The van der Waals surface area contributed by atoms with Crippen molar-refractivity contribution < 1.29 is 9.90 Å². The maximum Gasteiger partial charge on any atom is 0.303 e. The predicted octanol–water partition coefficient (Wildman–Crippen LogP) is 2.76. The molecule has 0 aromatic heterocycles. The van der Waals surface area contributed by atoms with Gasteiger partial charge >= 0.3 is 5.97 Å². The van der Waals surface area contributed by atoms with E-state index in [-0.39, 0.29) is 0 Å². The van der Waals surface area contributed by atoms with E-state index >= 15 is 0 Å². The van der Waals surface area contributed by atoms with Gasteiger partial charge in [0, 0.05) is 12.3 Å². The van der Waals surface area contributed by atoms with Gasteiger partial charge in [-0.1, -0.05) is 19.3 Å². The van der Waals surface area contributed by atoms with E-state index in [1.807, 2.05) is 0 Å². The zero-order chi connectivity index (χ0) is 13.2. The van der Waals surface area contributed by atoms with Crippen LogP contribution in [0.3, 0.4) is 0 Å². The molecule has 1 heterocycles. The van der Waals surface area contributed by atoms with Gasteiger partial charge in [0.1, 0.15) is 0 Å². The fraction of sp³-hybridized carbons (Fsp3) is 0.800. The van der Waals surface area contributed by atoms with E-state index in [0.717, 1.165) is 45.2 Å². The molecule has 1 fully saturated rings. The molecule has 1 saturated heterocycles. The van der Waals surface area contributed by atoms with Gasteiger partial charge in [-0.2, -0.15) is 0 Å². The molecule has 102 valence electrons. The van der Waals surface area contributed by atoms with Gasteiger partial charge in [-0.25, -0.2) is 0 Å². The number of hydrogen-bond acceptors (Lipinski definition) is 2. The average molecular weight is 251 g/mol. The Morgan fingerprint density at radius 3 is 2.39 bits per heavy atom. The minimum Gasteiger partial charge on any atom is -0.481 e. The third-order valence-electron chi connectivity index (χ3n) is 3.69. The fourth-order valence-electron chi connectivity index (χ4n) is 2.47. The number of terminal acetylenes is 1. The minimum absolute atomic E-state index is 0.319. The molecule has 1 N–H and O–H groups in total. The van der Waals surface area contributed by atoms with Crippen LogP contribution in [0.4, 0.5) is 0 Å². The lowest BCUT2D eigenvalue weighted by molar-refractivity contribution is -0.137. The van der Waals surface area contributed by atoms with Crippen LogP contribution in [-0.2, 0) is 4.79 Å². The van der Waals surface area contributed by atoms with Gasteiger partial charge in [0.15, 0.2) is 0 Å². The number of carboxylic acid groups (broad SMARTS) is 1. The maximum atomic E-state index is 10.3. The Kier molecular flexibility index (Phi) is 7.52. The Bertz CT molecular complexity index is 275. The van der Waals surface area contributed by atoms with E-state index in [1.54, 1.807) is 0 Å². The van der Waals surface area contributed by atoms with Gasteiger partial charge in [0.2, 0.25) is 0 Å². The van der Waals surface area contributed by atoms with Crippen molar-refractivity contribution in [3.8, 4) is 12.3 Å². The number of likely N-dealkylation sites (tertiary alicyclic amines) is 1. The molecule has 0 spiro atoms. The molecule has 0 unspecified atom stereocenters. The summed E-state index contributed by atoms with van der Waals surface area (Å²) in [5.74, 6) is 2.67. The number of unbranched alkanes of at least 4 members (excludes halogenated alkanes) is 4. The summed E-state index contributed by atoms with van der Waals surface area (Å²) in [5.41, 5.74) is 0. The molecule has 0 bridgehead atoms. The molecular weight excluding hydrogens is 226 g/mol. The first-order chi connectivity index (χ1) is 8.72. The van der Waals surface area contributed by atoms with Crippen LogP contribution in [0.5, 0.6) is 0 Å². The molecule has 0 amide bonds. The zero-order valence-corrected chi connectivity index (χ0v) is 11.2. The van der Waals surface area contributed by atoms with Crippen LogP contribution in [0.15, 0.2) is 0 Å². The number of carboxylic acids is 1. The first-order valence-corrected chi connectivity index (χ1v) is 7.12. The second-order valence-corrected chi connectivity index (χ2v) is 5.19. The van der Waals surface area contributed by atoms with Gasteiger partial charge in [-0.05, 0) is 45.3 Å². The van der Waals surface area contributed by atoms with Crippen molar-refractivity contribution in [3.05, 3.63) is 0 Å². The van der Waals surface area contributed by atoms with E-state index < -0.39 is 5.97 Å². The molecule has 18 heavy (non-hydrogen) atoms. The van der Waals surface area contributed by atoms with Crippen molar-refractivity contribution in [2.75, 3.05) is 19.6 Å². The number of rotatable bonds is 8. The second-order valence-electron chi connectivity index (χ2n) is 5.19. The normalized spacial score (nSPS) is 17.5. The van der Waals surface area contributed by atoms with Gasteiger partial charge in [-0.3, -0.25) is 4.79 Å². The van der Waals surface area contributed by atoms with Crippen molar-refractivity contribution in [3.63, 3.8) is 0 Å². The lowest BCUT2D eigenvalue weighted by Crippen LogP contribution is -2.33. The molecule has 1 aliphatic heterocycles. The molecule has 3 nitrogen and oxygen atoms in total. The largest absolute Gasteiger partial charge is 0.481 e. The van der Waals surface area contributed by atoms with E-state index in [1.165, 1.54) is 19.4 Å². The topological polar surface area (TPSA) is 40.5 Å². The summed E-state index contributed by atoms with van der Waals surface area (Å²) in [7, 11) is 0. The monoisotopic (exact) mass is 251 g/mol. The highest BCUT2D eigenvalue weighted by molar-refractivity contribution is 5.66. The molecular formula is C15H25NO2. The van der Waals surface area contributed by atoms with Crippen molar-refractivity contribution in [1.82, 2.24) is 4.90 Å². The van der Waals surface area contributed by atoms with Gasteiger partial charge in [0.05, 0.1) is 0 Å². The summed E-state index contributed by atoms with van der Waals surface area (Å²) in [5, 5.41) is 8.51. The van der Waals surface area contributed by atoms with E-state index in [9.17, 15) is 4.79 Å². The summed E-state index contributed by atoms with van der Waals surface area (Å²) in [6.07, 6.45) is 13.5. The van der Waals surface area contributed by atoms with Gasteiger partial charge in [0.25, 0.3) is 0 Å². The maximum absolute atomic E-state index is 10.3. The Morgan fingerprint density at radius 1 is 1.17 bits per heavy atom. The van der Waals surface area contributed by atoms with E-state index in [0.29, 0.717) is 12.3 Å². The van der Waals surface area contributed by atoms with Crippen molar-refractivity contribution in [1.29, 1.82) is 0 Å². The Balaban J connectivity index is 1.90. The molecule has 0 saturated carbocycles. The first-order valence-electron chi connectivity index (χ1n) is 7.12. The Morgan fingerprint density at radius 2 is 1.78 bits per heavy atom. The van der Waals surface area contributed by atoms with Crippen LogP contribution >= 0.6 is 0 Å². The van der Waals surface area contributed by atoms with Crippen molar-refractivity contribution in [2.45, 2.75) is 51.4 Å². The van der Waals surface area contributed by atoms with Crippen molar-refractivity contribution in [2.24, 2.45) is 5.92 Å². The smallest absolute Gasteiger partial charge is 0.303 e. The van der Waals surface area contributed by atoms with Crippen LogP contribution in [-0.4, -0.2) is 35.6 Å². The van der Waals surface area contributed by atoms with Crippen LogP contribution < -0.4 is 0 Å². The predicted molar refractivity (Wildman–Crippen MR) is 73.3 cm³/mol. The highest BCUT2D eigenvalue weighted by atomic mass is 16.4. The van der Waals surface area contributed by atoms with E-state index in [4.69, 9.17) is 11.5 Å². The standard InChI is InChI=1S/C15H25NO2/c1-2-14-9-12-16(13-10-14)11-7-5-3-4-6-8-15(17)18/h1,14H,3-13H2,(H,17,18). The fourth-order valence-corrected chi connectivity index (χ4v) is 2.47. The van der Waals surface area contributed by atoms with Gasteiger partial charge in [-0.15, -0.1) is 12.3 Å². The lowest BCUT2D eigenvalue weighted by Gasteiger charge is -2.29. The summed E-state index contributed by atoms with van der Waals surface area (Å²) in [6, 6.07) is 0. The van der Waals surface area contributed by atoms with Crippen LogP contribution in [0.25, 0.3) is 0 Å². The third kappa shape index (κ3) is 6.66. The lowest BCUT2D eigenvalue weighted by atomic mass is 9.98. The third-order valence-corrected chi connectivity index (χ3v) is 3.69. The number of aliphatic carboxylic acids is 1. The number of carbonyl (C=O) groups is 1. The first kappa shape index (κ1) is 15.0. The van der Waals surface area contributed by atoms with Crippen molar-refractivity contribution >= 4 is 5.97 Å². The minimum atomic E-state index is -0.675. The van der Waals surface area contributed by atoms with Crippen LogP contribution in [0.2, 0.25) is 0 Å². The Hall–Kier alpha value is -1.01. The number of piperidine rings is 1. The zero-order valence-electron chi connectivity index (χ0n) is 11.2. The van der Waals surface area contributed by atoms with Gasteiger partial charge < -0.3 is 10.0 Å². The molecule has 0 radical (unpaired) electrons. The molecule has 3 heteroatoms. The molecule has 0 aromatic rings. The second kappa shape index (κ2) is 8.99. The number of nitrogens with zero attached hydrogens (tertiary/aromatic N) is 1. The molecule has 1 rings (SSSR count). The summed E-state index contributed by atoms with van der Waals surface area (Å²) in [6.45, 7) is 3.47. The molecule has 0 aromatic carbocycles. The molecule has 0 aliphatic carbocycles. The van der Waals surface area contributed by atoms with E-state index in [2.05, 4.69) is 10.8 Å². The highest BCUT2D eigenvalue weighted by Crippen LogP contribution is 2.16. The summed E-state index contributed by atoms with van der Waals surface area (Å²) in [4.78, 5) is 12.8. The Labute approximate surface area is 111 Å². The summed E-state index contributed by atoms with van der Waals surface area (Å²) < 4.78 is 0. The van der Waals surface area contributed by atoms with Crippen LogP contribution in [0.1, 0.15) is 51.4 Å². The summed E-state index contributed by atoms with van der Waals surface area (Å²) >= 11 is 0.